The minimum atomic E-state index is -0.589. The topological polar surface area (TPSA) is 117 Å². The van der Waals surface area contributed by atoms with Crippen LogP contribution >= 0.6 is 0 Å². The third-order valence-electron chi connectivity index (χ3n) is 5.17. The summed E-state index contributed by atoms with van der Waals surface area (Å²) in [6.45, 7) is 2.90. The average molecular weight is 394 g/mol. The second-order valence-corrected chi connectivity index (χ2v) is 7.29. The van der Waals surface area contributed by atoms with Crippen molar-refractivity contribution in [3.63, 3.8) is 0 Å². The predicted octanol–water partition coefficient (Wildman–Crippen LogP) is 0.586. The summed E-state index contributed by atoms with van der Waals surface area (Å²) in [5.74, 6) is 1.48. The number of benzene rings is 1. The number of aromatic amines is 2. The lowest BCUT2D eigenvalue weighted by Crippen LogP contribution is -2.42. The molecule has 150 valence electrons. The summed E-state index contributed by atoms with van der Waals surface area (Å²) in [6, 6.07) is 10.3. The van der Waals surface area contributed by atoms with Gasteiger partial charge >= 0.3 is 5.69 Å². The number of hydrogen-bond acceptors (Lipinski definition) is 5. The summed E-state index contributed by atoms with van der Waals surface area (Å²) in [7, 11) is 0. The number of fused-ring (bicyclic) bond motifs is 1. The Bertz CT molecular complexity index is 1130. The van der Waals surface area contributed by atoms with Gasteiger partial charge in [-0.3, -0.25) is 14.6 Å². The second kappa shape index (κ2) is 7.86. The van der Waals surface area contributed by atoms with Crippen LogP contribution in [-0.4, -0.2) is 42.1 Å². The zero-order valence-electron chi connectivity index (χ0n) is 16.1. The average Bonchev–Trinajstić information content (AvgIpc) is 3.13. The fourth-order valence-electron chi connectivity index (χ4n) is 3.72. The van der Waals surface area contributed by atoms with Crippen LogP contribution < -0.4 is 11.2 Å². The number of hydrogen-bond donors (Lipinski definition) is 2. The maximum absolute atomic E-state index is 12.7. The predicted molar refractivity (Wildman–Crippen MR) is 105 cm³/mol. The molecule has 4 rings (SSSR count). The third-order valence-corrected chi connectivity index (χ3v) is 5.17. The molecule has 1 aliphatic rings. The van der Waals surface area contributed by atoms with Crippen LogP contribution in [0.25, 0.3) is 0 Å². The number of H-pyrrole nitrogens is 2. The van der Waals surface area contributed by atoms with Crippen LogP contribution in [0.15, 0.2) is 46.1 Å². The fourth-order valence-corrected chi connectivity index (χ4v) is 3.72. The van der Waals surface area contributed by atoms with E-state index in [0.717, 1.165) is 24.5 Å². The van der Waals surface area contributed by atoms with Crippen molar-refractivity contribution in [3.8, 4) is 0 Å². The van der Waals surface area contributed by atoms with Crippen LogP contribution in [-0.2, 0) is 30.6 Å². The molecule has 0 aliphatic carbocycles. The van der Waals surface area contributed by atoms with Crippen LogP contribution in [0.4, 0.5) is 0 Å². The molecule has 0 unspecified atom stereocenters. The van der Waals surface area contributed by atoms with E-state index >= 15 is 0 Å². The molecule has 9 heteroatoms. The molecule has 2 aromatic heterocycles. The zero-order chi connectivity index (χ0) is 20.4. The summed E-state index contributed by atoms with van der Waals surface area (Å²) >= 11 is 0. The maximum atomic E-state index is 12.7. The first-order valence-electron chi connectivity index (χ1n) is 9.56. The van der Waals surface area contributed by atoms with Crippen molar-refractivity contribution in [2.24, 2.45) is 0 Å². The lowest BCUT2D eigenvalue weighted by atomic mass is 10.1. The van der Waals surface area contributed by atoms with Crippen LogP contribution in [0.3, 0.4) is 0 Å². The van der Waals surface area contributed by atoms with Crippen LogP contribution in [0.1, 0.15) is 35.7 Å². The van der Waals surface area contributed by atoms with Crippen molar-refractivity contribution in [1.82, 2.24) is 29.6 Å². The molecular formula is C20H22N6O3. The van der Waals surface area contributed by atoms with E-state index in [4.69, 9.17) is 0 Å². The number of aryl methyl sites for hydroxylation is 2. The van der Waals surface area contributed by atoms with Gasteiger partial charge in [-0.2, -0.15) is 0 Å². The maximum Gasteiger partial charge on any atom is 0.325 e. The highest BCUT2D eigenvalue weighted by Gasteiger charge is 2.29. The number of carbonyl (C=O) groups is 1. The Morgan fingerprint density at radius 3 is 2.72 bits per heavy atom. The largest absolute Gasteiger partial charge is 0.333 e. The van der Waals surface area contributed by atoms with Gasteiger partial charge in [0.15, 0.2) is 5.82 Å². The molecule has 0 bridgehead atoms. The lowest BCUT2D eigenvalue weighted by Gasteiger charge is -2.32. The first-order valence-corrected chi connectivity index (χ1v) is 9.56. The van der Waals surface area contributed by atoms with Gasteiger partial charge in [-0.15, -0.1) is 10.2 Å². The van der Waals surface area contributed by atoms with Crippen molar-refractivity contribution in [3.05, 3.63) is 80.1 Å². The molecule has 3 aromatic rings. The summed E-state index contributed by atoms with van der Waals surface area (Å²) < 4.78 is 2.11. The minimum Gasteiger partial charge on any atom is -0.333 e. The molecule has 0 fully saturated rings. The van der Waals surface area contributed by atoms with Crippen LogP contribution in [0, 0.1) is 0 Å². The molecular weight excluding hydrogens is 372 g/mol. The molecule has 0 saturated carbocycles. The molecule has 9 nitrogen and oxygen atoms in total. The molecule has 0 saturated heterocycles. The smallest absolute Gasteiger partial charge is 0.325 e. The quantitative estimate of drug-likeness (QED) is 0.657. The number of nitrogens with one attached hydrogen (secondary N) is 2. The van der Waals surface area contributed by atoms with E-state index in [1.54, 1.807) is 4.90 Å². The lowest BCUT2D eigenvalue weighted by molar-refractivity contribution is -0.132. The fraction of sp³-hybridized carbons (Fsp3) is 0.350. The van der Waals surface area contributed by atoms with E-state index in [1.807, 2.05) is 25.1 Å². The highest BCUT2D eigenvalue weighted by atomic mass is 16.2. The Morgan fingerprint density at radius 1 is 1.17 bits per heavy atom. The molecule has 1 amide bonds. The third kappa shape index (κ3) is 4.03. The number of amides is 1. The number of carbonyl (C=O) groups excluding carboxylic acids is 1. The van der Waals surface area contributed by atoms with Gasteiger partial charge in [0.05, 0.1) is 19.0 Å². The van der Waals surface area contributed by atoms with Crippen molar-refractivity contribution >= 4 is 5.91 Å². The highest BCUT2D eigenvalue weighted by molar-refractivity contribution is 5.78. The summed E-state index contributed by atoms with van der Waals surface area (Å²) in [5.41, 5.74) is 0.349. The van der Waals surface area contributed by atoms with Crippen molar-refractivity contribution in [2.75, 3.05) is 6.54 Å². The highest BCUT2D eigenvalue weighted by Crippen LogP contribution is 2.22. The Morgan fingerprint density at radius 2 is 1.97 bits per heavy atom. The van der Waals surface area contributed by atoms with Crippen LogP contribution in [0.5, 0.6) is 0 Å². The van der Waals surface area contributed by atoms with E-state index in [9.17, 15) is 14.4 Å². The van der Waals surface area contributed by atoms with E-state index in [1.165, 1.54) is 11.8 Å². The monoisotopic (exact) mass is 394 g/mol. The van der Waals surface area contributed by atoms with Gasteiger partial charge in [0, 0.05) is 24.7 Å². The Hall–Kier alpha value is -3.49. The van der Waals surface area contributed by atoms with Crippen molar-refractivity contribution in [1.29, 1.82) is 0 Å². The normalized spacial score (nSPS) is 15.9. The van der Waals surface area contributed by atoms with Gasteiger partial charge in [0.25, 0.3) is 5.56 Å². The summed E-state index contributed by atoms with van der Waals surface area (Å²) in [6.07, 6.45) is 2.87. The van der Waals surface area contributed by atoms with E-state index in [0.29, 0.717) is 13.1 Å². The molecule has 3 heterocycles. The molecule has 1 aliphatic heterocycles. The van der Waals surface area contributed by atoms with Gasteiger partial charge in [-0.1, -0.05) is 30.3 Å². The van der Waals surface area contributed by atoms with Crippen molar-refractivity contribution in [2.45, 2.75) is 38.8 Å². The Labute approximate surface area is 166 Å². The van der Waals surface area contributed by atoms with Gasteiger partial charge in [0.1, 0.15) is 5.82 Å². The number of rotatable bonds is 5. The molecule has 1 atom stereocenters. The number of aromatic nitrogens is 5. The molecule has 29 heavy (non-hydrogen) atoms. The van der Waals surface area contributed by atoms with Gasteiger partial charge in [-0.05, 0) is 18.9 Å². The Kier molecular flexibility index (Phi) is 5.11. The Balaban J connectivity index is 1.46. The van der Waals surface area contributed by atoms with E-state index in [-0.39, 0.29) is 23.9 Å². The van der Waals surface area contributed by atoms with E-state index in [2.05, 4.69) is 36.9 Å². The van der Waals surface area contributed by atoms with E-state index < -0.39 is 11.2 Å². The molecule has 0 spiro atoms. The SMILES string of the molecule is C[C@H]1CN(C(=O)Cc2c[nH]c(=O)[nH]c2=O)Cc2nnc(CCc3ccccc3)n21. The van der Waals surface area contributed by atoms with Crippen molar-refractivity contribution < 1.29 is 4.79 Å². The zero-order valence-corrected chi connectivity index (χ0v) is 16.1. The second-order valence-electron chi connectivity index (χ2n) is 7.29. The molecule has 1 aromatic carbocycles. The first-order chi connectivity index (χ1) is 14.0. The van der Waals surface area contributed by atoms with Gasteiger partial charge in [-0.25, -0.2) is 4.79 Å². The van der Waals surface area contributed by atoms with Gasteiger partial charge < -0.3 is 14.5 Å². The van der Waals surface area contributed by atoms with Gasteiger partial charge in [0.2, 0.25) is 5.91 Å². The summed E-state index contributed by atoms with van der Waals surface area (Å²) in [5, 5.41) is 8.64. The first kappa shape index (κ1) is 18.9. The number of nitrogens with zero attached hydrogens (tertiary/aromatic N) is 4. The minimum absolute atomic E-state index is 0.0392. The van der Waals surface area contributed by atoms with Crippen LogP contribution in [0.2, 0.25) is 0 Å². The molecule has 2 N–H and O–H groups in total. The molecule has 0 radical (unpaired) electrons. The standard InChI is InChI=1S/C20H22N6O3/c1-13-11-25(18(27)9-15-10-21-20(29)22-19(15)28)12-17-24-23-16(26(13)17)8-7-14-5-3-2-4-6-14/h2-6,10,13H,7-9,11-12H2,1H3,(H2,21,22,28,29)/t13-/m0/s1. The summed E-state index contributed by atoms with van der Waals surface area (Å²) in [4.78, 5) is 41.9.